The molecule has 0 amide bonds. The Morgan fingerprint density at radius 2 is 0.476 bits per heavy atom. The summed E-state index contributed by atoms with van der Waals surface area (Å²) in [5.41, 5.74) is -2.47. The van der Waals surface area contributed by atoms with Crippen LogP contribution in [-0.2, 0) is 57.2 Å². The SMILES string of the molecule is COC(=O)COc1cc2c(cc1OCC(=O)OC(C)(C)C)c1cc(OCC(=O)OC)c(OCC(=O)OC(C)(C)C)cc1c1cc(OCC(=O)OC)c(OCC(=O)OC(C)(C)C)cc21. The first-order chi connectivity index (χ1) is 29.4. The molecule has 0 aliphatic carbocycles. The normalized spacial score (nSPS) is 11.6. The van der Waals surface area contributed by atoms with E-state index in [0.29, 0.717) is 32.3 Å². The number of ether oxygens (including phenoxy) is 12. The second-order valence-corrected chi connectivity index (χ2v) is 16.8. The molecule has 0 N–H and O–H groups in total. The van der Waals surface area contributed by atoms with E-state index in [0.717, 1.165) is 0 Å². The van der Waals surface area contributed by atoms with Gasteiger partial charge < -0.3 is 56.8 Å². The highest BCUT2D eigenvalue weighted by Gasteiger charge is 2.25. The van der Waals surface area contributed by atoms with Crippen LogP contribution in [0.5, 0.6) is 34.5 Å². The van der Waals surface area contributed by atoms with Gasteiger partial charge in [-0.3, -0.25) is 0 Å². The van der Waals surface area contributed by atoms with E-state index in [1.807, 2.05) is 0 Å². The predicted octanol–water partition coefficient (Wildman–Crippen LogP) is 5.96. The summed E-state index contributed by atoms with van der Waals surface area (Å²) in [6, 6.07) is 9.34. The zero-order valence-corrected chi connectivity index (χ0v) is 37.6. The monoisotopic (exact) mass is 882 g/mol. The van der Waals surface area contributed by atoms with Gasteiger partial charge in [-0.2, -0.15) is 0 Å². The predicted molar refractivity (Wildman–Crippen MR) is 226 cm³/mol. The summed E-state index contributed by atoms with van der Waals surface area (Å²) in [5.74, 6) is -4.14. The molecule has 18 heteroatoms. The average Bonchev–Trinajstić information content (AvgIpc) is 3.19. The fourth-order valence-corrected chi connectivity index (χ4v) is 5.80. The van der Waals surface area contributed by atoms with Crippen LogP contribution in [0.1, 0.15) is 62.3 Å². The van der Waals surface area contributed by atoms with Gasteiger partial charge in [-0.15, -0.1) is 0 Å². The molecule has 0 fully saturated rings. The fraction of sp³-hybridized carbons (Fsp3) is 0.467. The van der Waals surface area contributed by atoms with E-state index >= 15 is 0 Å². The summed E-state index contributed by atoms with van der Waals surface area (Å²) in [7, 11) is 3.57. The molecule has 0 aliphatic heterocycles. The number of methoxy groups -OCH3 is 3. The Balaban J connectivity index is 2.11. The van der Waals surface area contributed by atoms with Gasteiger partial charge >= 0.3 is 35.8 Å². The lowest BCUT2D eigenvalue weighted by Crippen LogP contribution is -2.27. The molecule has 0 atom stereocenters. The molecule has 4 rings (SSSR count). The quantitative estimate of drug-likeness (QED) is 0.0640. The smallest absolute Gasteiger partial charge is 0.344 e. The lowest BCUT2D eigenvalue weighted by atomic mass is 9.93. The van der Waals surface area contributed by atoms with Crippen LogP contribution in [0.4, 0.5) is 0 Å². The topological polar surface area (TPSA) is 213 Å². The number of benzene rings is 4. The van der Waals surface area contributed by atoms with Crippen LogP contribution < -0.4 is 28.4 Å². The fourth-order valence-electron chi connectivity index (χ4n) is 5.80. The van der Waals surface area contributed by atoms with Crippen LogP contribution in [0.15, 0.2) is 36.4 Å². The molecule has 0 radical (unpaired) electrons. The highest BCUT2D eigenvalue weighted by Crippen LogP contribution is 2.47. The van der Waals surface area contributed by atoms with E-state index < -0.39 is 92.3 Å². The van der Waals surface area contributed by atoms with Crippen molar-refractivity contribution in [3.8, 4) is 34.5 Å². The Kier molecular flexibility index (Phi) is 15.9. The molecule has 63 heavy (non-hydrogen) atoms. The zero-order chi connectivity index (χ0) is 46.9. The molecule has 18 nitrogen and oxygen atoms in total. The number of carbonyl (C=O) groups excluding carboxylic acids is 6. The zero-order valence-electron chi connectivity index (χ0n) is 37.6. The van der Waals surface area contributed by atoms with Crippen molar-refractivity contribution in [2.45, 2.75) is 79.1 Å². The first-order valence-corrected chi connectivity index (χ1v) is 19.6. The van der Waals surface area contributed by atoms with E-state index in [2.05, 4.69) is 0 Å². The number of hydrogen-bond acceptors (Lipinski definition) is 18. The molecule has 0 bridgehead atoms. The van der Waals surface area contributed by atoms with Crippen molar-refractivity contribution in [3.05, 3.63) is 36.4 Å². The summed E-state index contributed by atoms with van der Waals surface area (Å²) in [4.78, 5) is 75.5. The molecule has 0 aromatic heterocycles. The molecule has 0 saturated heterocycles. The minimum atomic E-state index is -0.824. The van der Waals surface area contributed by atoms with Gasteiger partial charge in [-0.25, -0.2) is 28.8 Å². The largest absolute Gasteiger partial charge is 0.478 e. The minimum Gasteiger partial charge on any atom is -0.478 e. The van der Waals surface area contributed by atoms with Gasteiger partial charge in [-0.05, 0) is 131 Å². The summed E-state index contributed by atoms with van der Waals surface area (Å²) in [6.07, 6.45) is 0. The Morgan fingerprint density at radius 3 is 0.619 bits per heavy atom. The highest BCUT2D eigenvalue weighted by atomic mass is 16.6. The van der Waals surface area contributed by atoms with Gasteiger partial charge in [0.05, 0.1) is 21.3 Å². The van der Waals surface area contributed by atoms with Gasteiger partial charge in [0.25, 0.3) is 0 Å². The van der Waals surface area contributed by atoms with Crippen molar-refractivity contribution < 1.29 is 85.6 Å². The molecule has 4 aromatic carbocycles. The Hall–Kier alpha value is -6.72. The number of rotatable bonds is 18. The molecule has 4 aromatic rings. The van der Waals surface area contributed by atoms with Crippen molar-refractivity contribution in [3.63, 3.8) is 0 Å². The summed E-state index contributed by atoms with van der Waals surface area (Å²) in [6.45, 7) is 12.0. The lowest BCUT2D eigenvalue weighted by molar-refractivity contribution is -0.158. The van der Waals surface area contributed by atoms with Crippen LogP contribution in [-0.4, -0.2) is 114 Å². The van der Waals surface area contributed by atoms with Crippen molar-refractivity contribution >= 4 is 68.1 Å². The molecule has 0 saturated carbocycles. The van der Waals surface area contributed by atoms with Gasteiger partial charge in [0, 0.05) is 0 Å². The first-order valence-electron chi connectivity index (χ1n) is 19.6. The number of esters is 6. The van der Waals surface area contributed by atoms with Crippen LogP contribution in [0, 0.1) is 0 Å². The maximum atomic E-state index is 12.8. The Bertz CT molecular complexity index is 2070. The first kappa shape index (κ1) is 48.9. The van der Waals surface area contributed by atoms with Crippen LogP contribution in [0.2, 0.25) is 0 Å². The van der Waals surface area contributed by atoms with Crippen molar-refractivity contribution in [1.82, 2.24) is 0 Å². The molecule has 0 aliphatic rings. The van der Waals surface area contributed by atoms with Crippen LogP contribution in [0.25, 0.3) is 32.3 Å². The third-order valence-electron chi connectivity index (χ3n) is 8.14. The second kappa shape index (κ2) is 20.4. The minimum absolute atomic E-state index is 0.0128. The van der Waals surface area contributed by atoms with E-state index in [1.165, 1.54) is 21.3 Å². The van der Waals surface area contributed by atoms with E-state index in [9.17, 15) is 28.8 Å². The van der Waals surface area contributed by atoms with Gasteiger partial charge in [-0.1, -0.05) is 0 Å². The van der Waals surface area contributed by atoms with Crippen LogP contribution >= 0.6 is 0 Å². The van der Waals surface area contributed by atoms with Gasteiger partial charge in [0.1, 0.15) is 16.8 Å². The molecule has 0 heterocycles. The molecule has 342 valence electrons. The highest BCUT2D eigenvalue weighted by molar-refractivity contribution is 6.27. The summed E-state index contributed by atoms with van der Waals surface area (Å²) in [5, 5.41) is 2.61. The number of fused-ring (bicyclic) bond motifs is 6. The second-order valence-electron chi connectivity index (χ2n) is 16.8. The molecular weight excluding hydrogens is 828 g/mol. The average molecular weight is 883 g/mol. The Labute approximate surface area is 364 Å². The molecule has 0 unspecified atom stereocenters. The molecular formula is C45H54O18. The molecule has 0 spiro atoms. The van der Waals surface area contributed by atoms with Crippen LogP contribution in [0.3, 0.4) is 0 Å². The van der Waals surface area contributed by atoms with Crippen molar-refractivity contribution in [1.29, 1.82) is 0 Å². The van der Waals surface area contributed by atoms with Crippen molar-refractivity contribution in [2.24, 2.45) is 0 Å². The number of hydrogen-bond donors (Lipinski definition) is 0. The number of carbonyl (C=O) groups is 6. The lowest BCUT2D eigenvalue weighted by Gasteiger charge is -2.22. The van der Waals surface area contributed by atoms with E-state index in [4.69, 9.17) is 56.8 Å². The van der Waals surface area contributed by atoms with Crippen molar-refractivity contribution in [2.75, 3.05) is 61.0 Å². The van der Waals surface area contributed by atoms with Gasteiger partial charge in [0.2, 0.25) is 0 Å². The van der Waals surface area contributed by atoms with Gasteiger partial charge in [0.15, 0.2) is 74.1 Å². The van der Waals surface area contributed by atoms with E-state index in [1.54, 1.807) is 98.7 Å². The third kappa shape index (κ3) is 14.4. The Morgan fingerprint density at radius 1 is 0.317 bits per heavy atom. The maximum Gasteiger partial charge on any atom is 0.344 e. The summed E-state index contributed by atoms with van der Waals surface area (Å²) < 4.78 is 66.4. The third-order valence-corrected chi connectivity index (χ3v) is 8.14. The maximum absolute atomic E-state index is 12.8. The summed E-state index contributed by atoms with van der Waals surface area (Å²) >= 11 is 0. The standard InChI is InChI=1S/C45H54O18/c1-43(2,3)61-40(49)22-58-34-16-28-25(13-31(34)55-19-37(46)52-10)29-17-35(59-23-41(50)62-44(4,5)6)33(57-21-39(48)54-12)15-27(29)30-18-36(60-24-42(51)63-45(7,8)9)32(14-26(28)30)56-20-38(47)53-11/h13-18H,19-24H2,1-12H3. The van der Waals surface area contributed by atoms with E-state index in [-0.39, 0.29) is 34.5 Å².